The van der Waals surface area contributed by atoms with Crippen LogP contribution >= 0.6 is 0 Å². The number of nitrogens with zero attached hydrogens (tertiary/aromatic N) is 1. The number of piperidine rings is 1. The number of aliphatic carboxylic acids is 1. The lowest BCUT2D eigenvalue weighted by Gasteiger charge is -2.33. The van der Waals surface area contributed by atoms with Gasteiger partial charge in [-0.1, -0.05) is 12.1 Å². The molecule has 1 heterocycles. The van der Waals surface area contributed by atoms with Crippen LogP contribution in [0.25, 0.3) is 0 Å². The van der Waals surface area contributed by atoms with Gasteiger partial charge in [-0.15, -0.1) is 0 Å². The molecule has 2 aromatic rings. The van der Waals surface area contributed by atoms with Crippen LogP contribution in [0.15, 0.2) is 36.4 Å². The maximum absolute atomic E-state index is 13.1. The molecule has 1 fully saturated rings. The lowest BCUT2D eigenvalue weighted by Crippen LogP contribution is -2.34. The molecule has 2 aromatic carbocycles. The Morgan fingerprint density at radius 1 is 1.08 bits per heavy atom. The number of Topliss-reactive ketones (excluding diaryl/α,β-unsaturated/α-hetero) is 1. The maximum atomic E-state index is 13.1. The first kappa shape index (κ1) is 27.4. The lowest BCUT2D eigenvalue weighted by atomic mass is 9.85. The Morgan fingerprint density at radius 3 is 2.53 bits per heavy atom. The molecule has 0 saturated carbocycles. The van der Waals surface area contributed by atoms with Crippen molar-refractivity contribution >= 4 is 17.7 Å². The van der Waals surface area contributed by atoms with Crippen LogP contribution in [-0.2, 0) is 22.6 Å². The van der Waals surface area contributed by atoms with E-state index in [2.05, 4.69) is 10.2 Å². The van der Waals surface area contributed by atoms with Crippen LogP contribution in [0, 0.1) is 11.8 Å². The van der Waals surface area contributed by atoms with E-state index in [9.17, 15) is 14.4 Å². The predicted octanol–water partition coefficient (Wildman–Crippen LogP) is 3.33. The van der Waals surface area contributed by atoms with Crippen LogP contribution in [0.2, 0.25) is 0 Å². The average molecular weight is 525 g/mol. The Hall–Kier alpha value is -3.59. The number of benzene rings is 2. The molecule has 1 saturated heterocycles. The second-order valence-corrected chi connectivity index (χ2v) is 10.0. The van der Waals surface area contributed by atoms with Crippen molar-refractivity contribution in [2.75, 3.05) is 40.5 Å². The monoisotopic (exact) mass is 524 g/mol. The van der Waals surface area contributed by atoms with Gasteiger partial charge >= 0.3 is 5.97 Å². The number of rotatable bonds is 12. The predicted molar refractivity (Wildman–Crippen MR) is 141 cm³/mol. The number of carbonyl (C=O) groups excluding carboxylic acids is 2. The zero-order valence-corrected chi connectivity index (χ0v) is 22.0. The van der Waals surface area contributed by atoms with Gasteiger partial charge in [0.25, 0.3) is 5.91 Å². The molecule has 9 heteroatoms. The summed E-state index contributed by atoms with van der Waals surface area (Å²) < 4.78 is 16.4. The second kappa shape index (κ2) is 12.8. The number of amides is 1. The largest absolute Gasteiger partial charge is 0.493 e. The fraction of sp³-hybridized carbons (Fsp3) is 0.483. The van der Waals surface area contributed by atoms with Gasteiger partial charge in [0, 0.05) is 24.6 Å². The van der Waals surface area contributed by atoms with Gasteiger partial charge in [0.05, 0.1) is 20.6 Å². The molecule has 0 aromatic heterocycles. The first-order valence-electron chi connectivity index (χ1n) is 13.1. The number of likely N-dealkylation sites (tertiary alicyclic amines) is 1. The maximum Gasteiger partial charge on any atom is 0.305 e. The number of fused-ring (bicyclic) bond motifs is 1. The quantitative estimate of drug-likeness (QED) is 0.435. The molecule has 0 radical (unpaired) electrons. The molecule has 0 spiro atoms. The highest BCUT2D eigenvalue weighted by molar-refractivity contribution is 6.02. The number of carbonyl (C=O) groups is 3. The molecule has 1 aliphatic heterocycles. The molecule has 1 atom stereocenters. The Morgan fingerprint density at radius 2 is 1.82 bits per heavy atom. The van der Waals surface area contributed by atoms with E-state index in [1.54, 1.807) is 14.2 Å². The molecule has 1 aliphatic carbocycles. The third kappa shape index (κ3) is 7.04. The number of ether oxygens (including phenoxy) is 3. The highest BCUT2D eigenvalue weighted by Crippen LogP contribution is 2.39. The van der Waals surface area contributed by atoms with E-state index in [1.165, 1.54) is 0 Å². The van der Waals surface area contributed by atoms with Crippen LogP contribution in [-0.4, -0.2) is 68.1 Å². The van der Waals surface area contributed by atoms with Gasteiger partial charge in [-0.25, -0.2) is 0 Å². The average Bonchev–Trinajstić information content (AvgIpc) is 3.21. The standard InChI is InChI=1S/C29H36N2O7/c1-36-25-15-21-14-22(29(35)24(21)16-26(25)37-2)12-19-7-10-31(11-8-19)17-20-4-3-5-23(13-20)38-18-27(32)30-9-6-28(33)34/h3-5,13,15-16,19,22H,6-12,14,17-18H2,1-2H3,(H,30,32)(H,33,34). The van der Waals surface area contributed by atoms with Gasteiger partial charge in [0.1, 0.15) is 5.75 Å². The number of hydrogen-bond acceptors (Lipinski definition) is 7. The fourth-order valence-electron chi connectivity index (χ4n) is 5.37. The third-order valence-electron chi connectivity index (χ3n) is 7.37. The summed E-state index contributed by atoms with van der Waals surface area (Å²) in [6.45, 7) is 2.66. The van der Waals surface area contributed by atoms with Crippen molar-refractivity contribution < 1.29 is 33.7 Å². The summed E-state index contributed by atoms with van der Waals surface area (Å²) in [4.78, 5) is 37.9. The van der Waals surface area contributed by atoms with Crippen molar-refractivity contribution in [3.05, 3.63) is 53.1 Å². The highest BCUT2D eigenvalue weighted by atomic mass is 16.5. The Kier molecular flexibility index (Phi) is 9.23. The summed E-state index contributed by atoms with van der Waals surface area (Å²) in [6.07, 6.45) is 3.66. The first-order valence-corrected chi connectivity index (χ1v) is 13.1. The van der Waals surface area contributed by atoms with Crippen molar-refractivity contribution in [3.63, 3.8) is 0 Å². The second-order valence-electron chi connectivity index (χ2n) is 10.0. The number of nitrogens with one attached hydrogen (secondary N) is 1. The van der Waals surface area contributed by atoms with E-state index in [0.717, 1.165) is 62.0 Å². The van der Waals surface area contributed by atoms with Crippen LogP contribution in [0.3, 0.4) is 0 Å². The van der Waals surface area contributed by atoms with Crippen LogP contribution in [0.5, 0.6) is 17.2 Å². The lowest BCUT2D eigenvalue weighted by molar-refractivity contribution is -0.137. The van der Waals surface area contributed by atoms with Gasteiger partial charge in [-0.05, 0) is 80.1 Å². The molecule has 38 heavy (non-hydrogen) atoms. The Balaban J connectivity index is 1.22. The van der Waals surface area contributed by atoms with Gasteiger partial charge in [0.15, 0.2) is 23.9 Å². The number of carboxylic acids is 1. The Bertz CT molecular complexity index is 1160. The van der Waals surface area contributed by atoms with Crippen LogP contribution in [0.4, 0.5) is 0 Å². The number of methoxy groups -OCH3 is 2. The SMILES string of the molecule is COc1cc2c(cc1OC)C(=O)C(CC1CCN(Cc3cccc(OCC(=O)NCCC(=O)O)c3)CC1)C2. The van der Waals surface area contributed by atoms with Gasteiger partial charge in [-0.2, -0.15) is 0 Å². The summed E-state index contributed by atoms with van der Waals surface area (Å²) in [7, 11) is 3.20. The molecule has 4 rings (SSSR count). The minimum Gasteiger partial charge on any atom is -0.493 e. The molecule has 1 unspecified atom stereocenters. The molecular weight excluding hydrogens is 488 g/mol. The van der Waals surface area contributed by atoms with E-state index in [4.69, 9.17) is 19.3 Å². The molecule has 2 N–H and O–H groups in total. The summed E-state index contributed by atoms with van der Waals surface area (Å²) in [5.41, 5.74) is 2.93. The van der Waals surface area contributed by atoms with Crippen molar-refractivity contribution in [1.82, 2.24) is 10.2 Å². The van der Waals surface area contributed by atoms with E-state index >= 15 is 0 Å². The van der Waals surface area contributed by atoms with E-state index < -0.39 is 5.97 Å². The minimum atomic E-state index is -0.956. The zero-order valence-electron chi connectivity index (χ0n) is 22.0. The van der Waals surface area contributed by atoms with E-state index in [1.807, 2.05) is 36.4 Å². The van der Waals surface area contributed by atoms with Crippen LogP contribution in [0.1, 0.15) is 47.2 Å². The number of ketones is 1. The van der Waals surface area contributed by atoms with Gasteiger partial charge in [0.2, 0.25) is 0 Å². The molecule has 204 valence electrons. The molecule has 2 aliphatic rings. The fourth-order valence-corrected chi connectivity index (χ4v) is 5.37. The third-order valence-corrected chi connectivity index (χ3v) is 7.37. The summed E-state index contributed by atoms with van der Waals surface area (Å²) in [5, 5.41) is 11.2. The molecular formula is C29H36N2O7. The number of hydrogen-bond donors (Lipinski definition) is 2. The van der Waals surface area contributed by atoms with E-state index in [-0.39, 0.29) is 37.2 Å². The van der Waals surface area contributed by atoms with Crippen molar-refractivity contribution in [2.45, 2.75) is 38.6 Å². The van der Waals surface area contributed by atoms with Crippen LogP contribution < -0.4 is 19.5 Å². The van der Waals surface area contributed by atoms with Crippen molar-refractivity contribution in [2.24, 2.45) is 11.8 Å². The normalized spacial score (nSPS) is 17.6. The van der Waals surface area contributed by atoms with Gasteiger partial charge < -0.3 is 24.6 Å². The molecule has 1 amide bonds. The molecule has 9 nitrogen and oxygen atoms in total. The van der Waals surface area contributed by atoms with E-state index in [0.29, 0.717) is 23.2 Å². The van der Waals surface area contributed by atoms with Crippen molar-refractivity contribution in [1.29, 1.82) is 0 Å². The Labute approximate surface area is 223 Å². The van der Waals surface area contributed by atoms with Gasteiger partial charge in [-0.3, -0.25) is 19.3 Å². The summed E-state index contributed by atoms with van der Waals surface area (Å²) in [6, 6.07) is 11.5. The minimum absolute atomic E-state index is 0.0218. The zero-order chi connectivity index (χ0) is 27.1. The summed E-state index contributed by atoms with van der Waals surface area (Å²) in [5.74, 6) is 1.34. The molecule has 0 bridgehead atoms. The highest BCUT2D eigenvalue weighted by Gasteiger charge is 2.34. The topological polar surface area (TPSA) is 114 Å². The first-order chi connectivity index (χ1) is 18.4. The number of carboxylic acid groups (broad SMARTS) is 1. The smallest absolute Gasteiger partial charge is 0.305 e. The summed E-state index contributed by atoms with van der Waals surface area (Å²) >= 11 is 0. The van der Waals surface area contributed by atoms with Crippen molar-refractivity contribution in [3.8, 4) is 17.2 Å².